The third kappa shape index (κ3) is 5.04. The van der Waals surface area contributed by atoms with Crippen molar-refractivity contribution in [3.63, 3.8) is 0 Å². The predicted octanol–water partition coefficient (Wildman–Crippen LogP) is 4.36. The molecule has 2 aromatic rings. The van der Waals surface area contributed by atoms with Crippen molar-refractivity contribution in [3.8, 4) is 0 Å². The fraction of sp³-hybridized carbons (Fsp3) is 0.318. The first-order valence-electron chi connectivity index (χ1n) is 9.09. The first-order valence-corrected chi connectivity index (χ1v) is 9.09. The number of aliphatic imine (C=N–C) groups is 1. The first-order chi connectivity index (χ1) is 12.9. The van der Waals surface area contributed by atoms with Gasteiger partial charge in [0.25, 0.3) is 0 Å². The highest BCUT2D eigenvalue weighted by molar-refractivity contribution is 6.07. The molecule has 1 radical (unpaired) electrons. The van der Waals surface area contributed by atoms with Gasteiger partial charge >= 0.3 is 0 Å². The number of hydrogen-bond donors (Lipinski definition) is 0. The topological polar surface area (TPSA) is 44.9 Å². The maximum atomic E-state index is 5.63. The Morgan fingerprint density at radius 2 is 1.35 bits per heavy atom. The van der Waals surface area contributed by atoms with Crippen molar-refractivity contribution in [1.29, 1.82) is 0 Å². The molecular formula is C22H25N2O2. The van der Waals surface area contributed by atoms with E-state index in [1.807, 2.05) is 36.4 Å². The van der Waals surface area contributed by atoms with Crippen molar-refractivity contribution >= 4 is 17.2 Å². The zero-order valence-electron chi connectivity index (χ0n) is 15.2. The summed E-state index contributed by atoms with van der Waals surface area (Å²) in [5, 5.41) is 4.82. The van der Waals surface area contributed by atoms with Crippen LogP contribution in [-0.2, 0) is 9.47 Å². The van der Waals surface area contributed by atoms with Gasteiger partial charge in [-0.1, -0.05) is 60.7 Å². The monoisotopic (exact) mass is 349 g/mol. The Morgan fingerprint density at radius 1 is 0.731 bits per heavy atom. The third-order valence-electron chi connectivity index (χ3n) is 4.13. The maximum Gasteiger partial charge on any atom is 0.129 e. The van der Waals surface area contributed by atoms with E-state index in [-0.39, 0.29) is 0 Å². The van der Waals surface area contributed by atoms with Gasteiger partial charge in [-0.15, -0.1) is 0 Å². The van der Waals surface area contributed by atoms with Crippen LogP contribution in [0.1, 0.15) is 30.4 Å². The minimum Gasteiger partial charge on any atom is -0.385 e. The molecule has 0 atom stereocenters. The Balaban J connectivity index is 1.62. The predicted molar refractivity (Wildman–Crippen MR) is 106 cm³/mol. The summed E-state index contributed by atoms with van der Waals surface area (Å²) in [4.78, 5) is 4.82. The SMILES string of the molecule is COCCCOCCCC1=NC(c2ccccc2)=C(c2ccccc2)[N]1. The fourth-order valence-corrected chi connectivity index (χ4v) is 2.84. The summed E-state index contributed by atoms with van der Waals surface area (Å²) in [5.74, 6) is 0.878. The third-order valence-corrected chi connectivity index (χ3v) is 4.13. The van der Waals surface area contributed by atoms with Crippen LogP contribution < -0.4 is 5.32 Å². The normalized spacial score (nSPS) is 13.7. The fourth-order valence-electron chi connectivity index (χ4n) is 2.84. The molecule has 0 amide bonds. The molecular weight excluding hydrogens is 324 g/mol. The van der Waals surface area contributed by atoms with E-state index < -0.39 is 0 Å². The lowest BCUT2D eigenvalue weighted by Crippen LogP contribution is -2.11. The average Bonchev–Trinajstić information content (AvgIpc) is 3.13. The van der Waals surface area contributed by atoms with Crippen LogP contribution in [0.4, 0.5) is 0 Å². The molecule has 0 spiro atoms. The zero-order valence-corrected chi connectivity index (χ0v) is 15.2. The number of nitrogens with zero attached hydrogens (tertiary/aromatic N) is 2. The smallest absolute Gasteiger partial charge is 0.129 e. The number of benzene rings is 2. The molecule has 1 aliphatic rings. The number of ether oxygens (including phenoxy) is 2. The average molecular weight is 349 g/mol. The largest absolute Gasteiger partial charge is 0.385 e. The van der Waals surface area contributed by atoms with E-state index in [9.17, 15) is 0 Å². The summed E-state index contributed by atoms with van der Waals surface area (Å²) in [5.41, 5.74) is 4.10. The van der Waals surface area contributed by atoms with Crippen LogP contribution in [0.2, 0.25) is 0 Å². The van der Waals surface area contributed by atoms with Gasteiger partial charge in [0.2, 0.25) is 0 Å². The molecule has 135 valence electrons. The molecule has 1 heterocycles. The van der Waals surface area contributed by atoms with Crippen molar-refractivity contribution in [3.05, 3.63) is 71.8 Å². The summed E-state index contributed by atoms with van der Waals surface area (Å²) in [7, 11) is 1.71. The second-order valence-electron chi connectivity index (χ2n) is 6.13. The zero-order chi connectivity index (χ0) is 18.0. The van der Waals surface area contributed by atoms with Crippen molar-refractivity contribution in [1.82, 2.24) is 5.32 Å². The molecule has 0 N–H and O–H groups in total. The van der Waals surface area contributed by atoms with E-state index in [1.54, 1.807) is 7.11 Å². The van der Waals surface area contributed by atoms with E-state index in [2.05, 4.69) is 24.3 Å². The van der Waals surface area contributed by atoms with Crippen LogP contribution in [0.5, 0.6) is 0 Å². The summed E-state index contributed by atoms with van der Waals surface area (Å²) in [6.45, 7) is 2.20. The molecule has 1 aliphatic heterocycles. The van der Waals surface area contributed by atoms with Gasteiger partial charge in [0, 0.05) is 44.5 Å². The van der Waals surface area contributed by atoms with Crippen LogP contribution >= 0.6 is 0 Å². The summed E-state index contributed by atoms with van der Waals surface area (Å²) >= 11 is 0. The Labute approximate surface area is 155 Å². The van der Waals surface area contributed by atoms with Gasteiger partial charge in [0.15, 0.2) is 0 Å². The summed E-state index contributed by atoms with van der Waals surface area (Å²) < 4.78 is 10.6. The minimum absolute atomic E-state index is 0.722. The van der Waals surface area contributed by atoms with Gasteiger partial charge in [-0.3, -0.25) is 0 Å². The second kappa shape index (κ2) is 9.90. The molecule has 0 saturated carbocycles. The quantitative estimate of drug-likeness (QED) is 0.598. The van der Waals surface area contributed by atoms with Crippen molar-refractivity contribution in [2.24, 2.45) is 4.99 Å². The molecule has 0 saturated heterocycles. The molecule has 2 aromatic carbocycles. The van der Waals surface area contributed by atoms with Gasteiger partial charge < -0.3 is 9.47 Å². The molecule has 3 rings (SSSR count). The molecule has 4 heteroatoms. The Kier molecular flexibility index (Phi) is 6.99. The summed E-state index contributed by atoms with van der Waals surface area (Å²) in [6, 6.07) is 20.5. The Bertz CT molecular complexity index is 739. The van der Waals surface area contributed by atoms with E-state index in [4.69, 9.17) is 19.8 Å². The number of amidine groups is 1. The highest BCUT2D eigenvalue weighted by Gasteiger charge is 2.21. The van der Waals surface area contributed by atoms with Crippen LogP contribution in [0.3, 0.4) is 0 Å². The first kappa shape index (κ1) is 18.4. The van der Waals surface area contributed by atoms with Crippen LogP contribution in [-0.4, -0.2) is 32.8 Å². The number of rotatable bonds is 10. The molecule has 0 bridgehead atoms. The van der Waals surface area contributed by atoms with E-state index in [0.717, 1.165) is 67.4 Å². The lowest BCUT2D eigenvalue weighted by Gasteiger charge is -2.06. The van der Waals surface area contributed by atoms with Gasteiger partial charge in [-0.05, 0) is 12.8 Å². The Hall–Kier alpha value is -2.43. The molecule has 0 aromatic heterocycles. The van der Waals surface area contributed by atoms with Gasteiger partial charge in [0.05, 0.1) is 11.4 Å². The van der Waals surface area contributed by atoms with E-state index in [1.165, 1.54) is 0 Å². The van der Waals surface area contributed by atoms with Gasteiger partial charge in [-0.2, -0.15) is 0 Å². The van der Waals surface area contributed by atoms with Crippen LogP contribution in [0, 0.1) is 0 Å². The number of hydrogen-bond acceptors (Lipinski definition) is 3. The molecule has 0 aliphatic carbocycles. The minimum atomic E-state index is 0.722. The van der Waals surface area contributed by atoms with Crippen molar-refractivity contribution in [2.75, 3.05) is 26.9 Å². The van der Waals surface area contributed by atoms with E-state index in [0.29, 0.717) is 0 Å². The molecule has 0 fully saturated rings. The molecule has 0 unspecified atom stereocenters. The van der Waals surface area contributed by atoms with Crippen molar-refractivity contribution in [2.45, 2.75) is 19.3 Å². The molecule has 4 nitrogen and oxygen atoms in total. The summed E-state index contributed by atoms with van der Waals surface area (Å²) in [6.07, 6.45) is 2.66. The van der Waals surface area contributed by atoms with Crippen molar-refractivity contribution < 1.29 is 9.47 Å². The van der Waals surface area contributed by atoms with Crippen LogP contribution in [0.15, 0.2) is 65.7 Å². The highest BCUT2D eigenvalue weighted by atomic mass is 16.5. The lowest BCUT2D eigenvalue weighted by atomic mass is 10.1. The highest BCUT2D eigenvalue weighted by Crippen LogP contribution is 2.31. The second-order valence-corrected chi connectivity index (χ2v) is 6.13. The molecule has 26 heavy (non-hydrogen) atoms. The van der Waals surface area contributed by atoms with E-state index >= 15 is 0 Å². The number of methoxy groups -OCH3 is 1. The van der Waals surface area contributed by atoms with Crippen LogP contribution in [0.25, 0.3) is 11.4 Å². The lowest BCUT2D eigenvalue weighted by molar-refractivity contribution is 0.102. The van der Waals surface area contributed by atoms with Gasteiger partial charge in [0.1, 0.15) is 5.84 Å². The Morgan fingerprint density at radius 3 is 2.00 bits per heavy atom. The maximum absolute atomic E-state index is 5.63. The van der Waals surface area contributed by atoms with Gasteiger partial charge in [-0.25, -0.2) is 10.3 Å². The standard InChI is InChI=1S/C22H25N2O2/c1-25-15-9-17-26-16-8-14-20-23-21(18-10-4-2-5-11-18)22(24-20)19-12-6-3-7-13-19/h2-7,10-13H,8-9,14-17H2,1H3.